The van der Waals surface area contributed by atoms with Crippen molar-refractivity contribution in [3.63, 3.8) is 0 Å². The number of fused-ring (bicyclic) bond motifs is 1. The van der Waals surface area contributed by atoms with Crippen molar-refractivity contribution in [2.45, 2.75) is 24.4 Å². The summed E-state index contributed by atoms with van der Waals surface area (Å²) in [6, 6.07) is 14.9. The molecule has 0 saturated carbocycles. The molecular weight excluding hydrogens is 324 g/mol. The molecule has 1 heterocycles. The van der Waals surface area contributed by atoms with E-state index >= 15 is 0 Å². The first-order valence-corrected chi connectivity index (χ1v) is 8.43. The zero-order valence-electron chi connectivity index (χ0n) is 13.1. The Bertz CT molecular complexity index is 918. The molecule has 0 aliphatic rings. The van der Waals surface area contributed by atoms with E-state index < -0.39 is 5.97 Å². The Hall–Kier alpha value is -2.60. The molecule has 2 aromatic carbocycles. The summed E-state index contributed by atoms with van der Waals surface area (Å²) >= 11 is 1.47. The van der Waals surface area contributed by atoms with Crippen molar-refractivity contribution in [1.29, 1.82) is 0 Å². The van der Waals surface area contributed by atoms with Gasteiger partial charge in [0, 0.05) is 11.3 Å². The number of carboxylic acid groups (broad SMARTS) is 1. The molecule has 0 spiro atoms. The van der Waals surface area contributed by atoms with Gasteiger partial charge in [0.25, 0.3) is 0 Å². The van der Waals surface area contributed by atoms with Gasteiger partial charge in [0.15, 0.2) is 10.9 Å². The maximum Gasteiger partial charge on any atom is 0.323 e. The van der Waals surface area contributed by atoms with Gasteiger partial charge in [-0.25, -0.2) is 4.98 Å². The minimum absolute atomic E-state index is 0.0277. The van der Waals surface area contributed by atoms with E-state index in [0.29, 0.717) is 16.5 Å². The Kier molecular flexibility index (Phi) is 4.66. The van der Waals surface area contributed by atoms with Crippen LogP contribution in [0.4, 0.5) is 0 Å². The summed E-state index contributed by atoms with van der Waals surface area (Å²) in [4.78, 5) is 27.2. The molecule has 0 unspecified atom stereocenters. The van der Waals surface area contributed by atoms with E-state index in [1.807, 2.05) is 42.5 Å². The maximum absolute atomic E-state index is 11.5. The van der Waals surface area contributed by atoms with Crippen LogP contribution in [0.1, 0.15) is 22.8 Å². The zero-order valence-corrected chi connectivity index (χ0v) is 13.9. The number of Topliss-reactive ketones (excluding diaryl/α,β-unsaturated/α-hetero) is 1. The molecule has 0 saturated heterocycles. The lowest BCUT2D eigenvalue weighted by Crippen LogP contribution is -2.09. The van der Waals surface area contributed by atoms with Gasteiger partial charge in [0.2, 0.25) is 0 Å². The molecule has 5 nitrogen and oxygen atoms in total. The van der Waals surface area contributed by atoms with Crippen LogP contribution in [0.3, 0.4) is 0 Å². The second kappa shape index (κ2) is 6.88. The van der Waals surface area contributed by atoms with Crippen molar-refractivity contribution < 1.29 is 14.7 Å². The Balaban J connectivity index is 1.88. The van der Waals surface area contributed by atoms with Gasteiger partial charge in [-0.2, -0.15) is 0 Å². The molecule has 0 aliphatic carbocycles. The number of rotatable bonds is 6. The molecule has 0 aliphatic heterocycles. The molecule has 122 valence electrons. The van der Waals surface area contributed by atoms with E-state index in [2.05, 4.69) is 4.98 Å². The summed E-state index contributed by atoms with van der Waals surface area (Å²) in [7, 11) is 0. The largest absolute Gasteiger partial charge is 0.480 e. The molecule has 0 fully saturated rings. The Morgan fingerprint density at radius 1 is 1.17 bits per heavy atom. The molecule has 0 atom stereocenters. The van der Waals surface area contributed by atoms with Crippen molar-refractivity contribution in [3.05, 3.63) is 59.7 Å². The van der Waals surface area contributed by atoms with Gasteiger partial charge in [0.05, 0.1) is 11.0 Å². The average Bonchev–Trinajstić information content (AvgIpc) is 2.90. The van der Waals surface area contributed by atoms with Crippen molar-refractivity contribution in [1.82, 2.24) is 9.55 Å². The number of nitrogens with zero attached hydrogens (tertiary/aromatic N) is 2. The first-order chi connectivity index (χ1) is 11.5. The monoisotopic (exact) mass is 340 g/mol. The number of ketones is 1. The van der Waals surface area contributed by atoms with Crippen LogP contribution in [-0.4, -0.2) is 26.4 Å². The summed E-state index contributed by atoms with van der Waals surface area (Å²) in [5, 5.41) is 9.82. The molecule has 6 heteroatoms. The number of para-hydroxylation sites is 2. The van der Waals surface area contributed by atoms with Crippen molar-refractivity contribution in [2.75, 3.05) is 0 Å². The van der Waals surface area contributed by atoms with Gasteiger partial charge in [-0.3, -0.25) is 9.59 Å². The first kappa shape index (κ1) is 16.3. The lowest BCUT2D eigenvalue weighted by molar-refractivity contribution is -0.137. The highest BCUT2D eigenvalue weighted by molar-refractivity contribution is 7.98. The third-order valence-electron chi connectivity index (χ3n) is 3.61. The van der Waals surface area contributed by atoms with Crippen LogP contribution in [0.25, 0.3) is 11.0 Å². The molecule has 3 rings (SSSR count). The number of hydrogen-bond donors (Lipinski definition) is 1. The van der Waals surface area contributed by atoms with Crippen LogP contribution in [0.15, 0.2) is 53.7 Å². The fourth-order valence-corrected chi connectivity index (χ4v) is 3.44. The number of carbonyl (C=O) groups is 2. The molecule has 0 bridgehead atoms. The van der Waals surface area contributed by atoms with E-state index in [-0.39, 0.29) is 12.3 Å². The Morgan fingerprint density at radius 3 is 2.71 bits per heavy atom. The smallest absolute Gasteiger partial charge is 0.323 e. The second-order valence-corrected chi connectivity index (χ2v) is 6.35. The second-order valence-electron chi connectivity index (χ2n) is 5.41. The highest BCUT2D eigenvalue weighted by Gasteiger charge is 2.13. The maximum atomic E-state index is 11.5. The summed E-state index contributed by atoms with van der Waals surface area (Å²) in [6.07, 6.45) is 0. The van der Waals surface area contributed by atoms with Gasteiger partial charge in [-0.05, 0) is 30.7 Å². The predicted octanol–water partition coefficient (Wildman–Crippen LogP) is 3.62. The molecule has 3 aromatic rings. The average molecular weight is 340 g/mol. The van der Waals surface area contributed by atoms with Gasteiger partial charge >= 0.3 is 5.97 Å². The quantitative estimate of drug-likeness (QED) is 0.548. The minimum atomic E-state index is -0.904. The SMILES string of the molecule is CC(=O)c1cccc(CSc2nc3ccccc3n2CC(=O)O)c1. The lowest BCUT2D eigenvalue weighted by atomic mass is 10.1. The zero-order chi connectivity index (χ0) is 17.1. The molecular formula is C18H16N2O3S. The van der Waals surface area contributed by atoms with Gasteiger partial charge in [0.1, 0.15) is 6.54 Å². The topological polar surface area (TPSA) is 72.2 Å². The lowest BCUT2D eigenvalue weighted by Gasteiger charge is -2.06. The van der Waals surface area contributed by atoms with Crippen molar-refractivity contribution in [3.8, 4) is 0 Å². The van der Waals surface area contributed by atoms with Crippen LogP contribution >= 0.6 is 11.8 Å². The van der Waals surface area contributed by atoms with Crippen LogP contribution in [0.2, 0.25) is 0 Å². The van der Waals surface area contributed by atoms with E-state index in [1.165, 1.54) is 11.8 Å². The van der Waals surface area contributed by atoms with Crippen LogP contribution in [0, 0.1) is 0 Å². The van der Waals surface area contributed by atoms with Crippen molar-refractivity contribution >= 4 is 34.5 Å². The number of thioether (sulfide) groups is 1. The first-order valence-electron chi connectivity index (χ1n) is 7.44. The minimum Gasteiger partial charge on any atom is -0.480 e. The third-order valence-corrected chi connectivity index (χ3v) is 4.66. The number of aliphatic carboxylic acids is 1. The number of aromatic nitrogens is 2. The number of benzene rings is 2. The van der Waals surface area contributed by atoms with E-state index in [0.717, 1.165) is 16.6 Å². The Labute approximate surface area is 143 Å². The van der Waals surface area contributed by atoms with E-state index in [9.17, 15) is 9.59 Å². The molecule has 0 amide bonds. The highest BCUT2D eigenvalue weighted by atomic mass is 32.2. The molecule has 1 aromatic heterocycles. The predicted molar refractivity (Wildman–Crippen MR) is 93.4 cm³/mol. The van der Waals surface area contributed by atoms with Gasteiger partial charge in [-0.1, -0.05) is 42.1 Å². The number of hydrogen-bond acceptors (Lipinski definition) is 4. The molecule has 0 radical (unpaired) electrons. The molecule has 1 N–H and O–H groups in total. The standard InChI is InChI=1S/C18H16N2O3S/c1-12(21)14-6-4-5-13(9-14)11-24-18-19-15-7-2-3-8-16(15)20(18)10-17(22)23/h2-9H,10-11H2,1H3,(H,22,23). The van der Waals surface area contributed by atoms with Crippen LogP contribution in [-0.2, 0) is 17.1 Å². The van der Waals surface area contributed by atoms with Crippen LogP contribution in [0.5, 0.6) is 0 Å². The Morgan fingerprint density at radius 2 is 1.96 bits per heavy atom. The fraction of sp³-hybridized carbons (Fsp3) is 0.167. The summed E-state index contributed by atoms with van der Waals surface area (Å²) in [5.41, 5.74) is 3.26. The van der Waals surface area contributed by atoms with Crippen molar-refractivity contribution in [2.24, 2.45) is 0 Å². The van der Waals surface area contributed by atoms with Gasteiger partial charge in [-0.15, -0.1) is 0 Å². The van der Waals surface area contributed by atoms with Gasteiger partial charge < -0.3 is 9.67 Å². The number of carboxylic acids is 1. The number of imidazole rings is 1. The summed E-state index contributed by atoms with van der Waals surface area (Å²) in [6.45, 7) is 1.41. The summed E-state index contributed by atoms with van der Waals surface area (Å²) < 4.78 is 1.71. The normalized spacial score (nSPS) is 10.9. The van der Waals surface area contributed by atoms with E-state index in [1.54, 1.807) is 17.6 Å². The third kappa shape index (κ3) is 3.49. The highest BCUT2D eigenvalue weighted by Crippen LogP contribution is 2.27. The van der Waals surface area contributed by atoms with E-state index in [4.69, 9.17) is 5.11 Å². The van der Waals surface area contributed by atoms with Crippen LogP contribution < -0.4 is 0 Å². The summed E-state index contributed by atoms with van der Waals surface area (Å²) in [5.74, 6) is -0.261. The number of carbonyl (C=O) groups excluding carboxylic acids is 1. The fourth-order valence-electron chi connectivity index (χ4n) is 2.48. The molecule has 24 heavy (non-hydrogen) atoms.